The van der Waals surface area contributed by atoms with Gasteiger partial charge in [-0.2, -0.15) is 0 Å². The molecular weight excluding hydrogens is 271 g/mol. The Balaban J connectivity index is 2.76. The van der Waals surface area contributed by atoms with Gasteiger partial charge in [0.15, 0.2) is 0 Å². The monoisotopic (exact) mass is 294 g/mol. The summed E-state index contributed by atoms with van der Waals surface area (Å²) in [5.41, 5.74) is 0. The van der Waals surface area contributed by atoms with Gasteiger partial charge in [0.2, 0.25) is 0 Å². The zero-order valence-electron chi connectivity index (χ0n) is 11.4. The van der Waals surface area contributed by atoms with E-state index in [2.05, 4.69) is 0 Å². The average Bonchev–Trinajstić information content (AvgIpc) is 2.45. The molecule has 0 saturated heterocycles. The third kappa shape index (κ3) is 4.69. The molecule has 0 aromatic rings. The van der Waals surface area contributed by atoms with Crippen molar-refractivity contribution >= 4 is 24.0 Å². The zero-order chi connectivity index (χ0) is 13.6. The number of Topliss-reactive ketones (excluding diaryl/α,β-unsaturated/α-hetero) is 1. The fraction of sp³-hybridized carbons (Fsp3) is 0.917. The zero-order valence-corrected chi connectivity index (χ0v) is 13.1. The lowest BCUT2D eigenvalue weighted by atomic mass is 10.0. The smallest absolute Gasteiger partial charge is 0.301 e. The predicted octanol–water partition coefficient (Wildman–Crippen LogP) is 4.05. The first-order chi connectivity index (χ1) is 8.52. The molecule has 0 spiro atoms. The van der Waals surface area contributed by atoms with E-state index in [1.54, 1.807) is 13.8 Å². The molecule has 0 aromatic heterocycles. The minimum Gasteiger partial charge on any atom is -0.301 e. The Morgan fingerprint density at radius 2 is 1.89 bits per heavy atom. The second-order valence-electron chi connectivity index (χ2n) is 4.50. The topological polar surface area (TPSA) is 52.6 Å². The SMILES string of the molecule is CCOP(=O)(OCC)SC1C(=O)CCCCC1C. The second-order valence-corrected chi connectivity index (χ2v) is 8.60. The van der Waals surface area contributed by atoms with Crippen LogP contribution in [0.15, 0.2) is 0 Å². The normalized spacial score (nSPS) is 26.1. The van der Waals surface area contributed by atoms with Gasteiger partial charge in [0, 0.05) is 6.42 Å². The minimum absolute atomic E-state index is 0.185. The molecule has 1 rings (SSSR count). The van der Waals surface area contributed by atoms with Gasteiger partial charge in [0.25, 0.3) is 0 Å². The third-order valence-corrected chi connectivity index (χ3v) is 7.43. The van der Waals surface area contributed by atoms with Gasteiger partial charge >= 0.3 is 6.80 Å². The lowest BCUT2D eigenvalue weighted by Crippen LogP contribution is -2.23. The van der Waals surface area contributed by atoms with Crippen LogP contribution >= 0.6 is 18.2 Å². The van der Waals surface area contributed by atoms with Gasteiger partial charge in [0.05, 0.1) is 18.5 Å². The van der Waals surface area contributed by atoms with E-state index < -0.39 is 6.80 Å². The Morgan fingerprint density at radius 3 is 2.44 bits per heavy atom. The highest BCUT2D eigenvalue weighted by Gasteiger charge is 2.37. The van der Waals surface area contributed by atoms with E-state index >= 15 is 0 Å². The van der Waals surface area contributed by atoms with E-state index in [4.69, 9.17) is 9.05 Å². The molecule has 1 saturated carbocycles. The Kier molecular flexibility index (Phi) is 6.93. The van der Waals surface area contributed by atoms with E-state index in [1.165, 1.54) is 0 Å². The summed E-state index contributed by atoms with van der Waals surface area (Å²) >= 11 is 1.11. The van der Waals surface area contributed by atoms with Crippen LogP contribution in [0.4, 0.5) is 0 Å². The van der Waals surface area contributed by atoms with Crippen molar-refractivity contribution in [2.75, 3.05) is 13.2 Å². The number of carbonyl (C=O) groups excluding carboxylic acids is 1. The first-order valence-electron chi connectivity index (χ1n) is 6.62. The lowest BCUT2D eigenvalue weighted by Gasteiger charge is -2.24. The maximum absolute atomic E-state index is 12.5. The van der Waals surface area contributed by atoms with Crippen molar-refractivity contribution in [3.63, 3.8) is 0 Å². The van der Waals surface area contributed by atoms with Crippen LogP contribution in [0.5, 0.6) is 0 Å². The fourth-order valence-electron chi connectivity index (χ4n) is 2.09. The van der Waals surface area contributed by atoms with E-state index in [0.29, 0.717) is 19.6 Å². The Hall–Kier alpha value is 0.170. The van der Waals surface area contributed by atoms with Gasteiger partial charge < -0.3 is 9.05 Å². The van der Waals surface area contributed by atoms with E-state index in [-0.39, 0.29) is 17.0 Å². The van der Waals surface area contributed by atoms with Crippen LogP contribution in [-0.4, -0.2) is 24.2 Å². The predicted molar refractivity (Wildman–Crippen MR) is 74.9 cm³/mol. The molecule has 2 unspecified atom stereocenters. The first kappa shape index (κ1) is 16.2. The lowest BCUT2D eigenvalue weighted by molar-refractivity contribution is -0.118. The van der Waals surface area contributed by atoms with Gasteiger partial charge in [-0.05, 0) is 44.0 Å². The highest BCUT2D eigenvalue weighted by molar-refractivity contribution is 8.55. The van der Waals surface area contributed by atoms with Gasteiger partial charge in [0.1, 0.15) is 5.78 Å². The summed E-state index contributed by atoms with van der Waals surface area (Å²) in [6.07, 6.45) is 3.59. The minimum atomic E-state index is -3.19. The molecular formula is C12H23O4PS. The van der Waals surface area contributed by atoms with Gasteiger partial charge in [-0.25, -0.2) is 4.57 Å². The van der Waals surface area contributed by atoms with Crippen LogP contribution in [0.25, 0.3) is 0 Å². The highest BCUT2D eigenvalue weighted by Crippen LogP contribution is 2.63. The van der Waals surface area contributed by atoms with Crippen LogP contribution in [-0.2, 0) is 18.4 Å². The van der Waals surface area contributed by atoms with Crippen LogP contribution in [0.3, 0.4) is 0 Å². The van der Waals surface area contributed by atoms with Gasteiger partial charge in [-0.1, -0.05) is 13.3 Å². The standard InChI is InChI=1S/C12H23O4PS/c1-4-15-17(14,16-5-2)18-12-10(3)8-6-7-9-11(12)13/h10,12H,4-9H2,1-3H3. The van der Waals surface area contributed by atoms with Crippen molar-refractivity contribution in [3.05, 3.63) is 0 Å². The van der Waals surface area contributed by atoms with E-state index in [9.17, 15) is 9.36 Å². The summed E-state index contributed by atoms with van der Waals surface area (Å²) in [4.78, 5) is 12.1. The molecule has 4 nitrogen and oxygen atoms in total. The molecule has 0 N–H and O–H groups in total. The molecule has 106 valence electrons. The summed E-state index contributed by atoms with van der Waals surface area (Å²) in [7, 11) is 0. The molecule has 0 amide bonds. The number of hydrogen-bond donors (Lipinski definition) is 0. The molecule has 0 aliphatic heterocycles. The molecule has 1 aliphatic carbocycles. The van der Waals surface area contributed by atoms with Crippen LogP contribution in [0, 0.1) is 5.92 Å². The number of carbonyl (C=O) groups is 1. The summed E-state index contributed by atoms with van der Waals surface area (Å²) < 4.78 is 23.0. The third-order valence-electron chi connectivity index (χ3n) is 2.98. The molecule has 6 heteroatoms. The molecule has 18 heavy (non-hydrogen) atoms. The molecule has 2 atom stereocenters. The van der Waals surface area contributed by atoms with Crippen molar-refractivity contribution in [1.29, 1.82) is 0 Å². The second kappa shape index (κ2) is 7.68. The van der Waals surface area contributed by atoms with Gasteiger partial charge in [-0.15, -0.1) is 0 Å². The number of rotatable bonds is 6. The first-order valence-corrected chi connectivity index (χ1v) is 9.65. The van der Waals surface area contributed by atoms with E-state index in [1.807, 2.05) is 6.92 Å². The molecule has 0 bridgehead atoms. The Bertz CT molecular complexity index is 311. The van der Waals surface area contributed by atoms with Crippen molar-refractivity contribution in [3.8, 4) is 0 Å². The van der Waals surface area contributed by atoms with Gasteiger partial charge in [-0.3, -0.25) is 4.79 Å². The molecule has 1 fully saturated rings. The summed E-state index contributed by atoms with van der Waals surface area (Å²) in [6, 6.07) is 0. The summed E-state index contributed by atoms with van der Waals surface area (Å²) in [5.74, 6) is 0.420. The Morgan fingerprint density at radius 1 is 1.28 bits per heavy atom. The maximum atomic E-state index is 12.5. The quantitative estimate of drug-likeness (QED) is 0.546. The highest BCUT2D eigenvalue weighted by atomic mass is 32.7. The van der Waals surface area contributed by atoms with Crippen molar-refractivity contribution < 1.29 is 18.4 Å². The summed E-state index contributed by atoms with van der Waals surface area (Å²) in [6.45, 7) is 3.09. The molecule has 0 heterocycles. The van der Waals surface area contributed by atoms with Crippen LogP contribution in [0.1, 0.15) is 46.5 Å². The average molecular weight is 294 g/mol. The molecule has 1 aliphatic rings. The summed E-state index contributed by atoms with van der Waals surface area (Å²) in [5, 5.41) is -0.253. The molecule has 0 aromatic carbocycles. The maximum Gasteiger partial charge on any atom is 0.389 e. The number of ketones is 1. The van der Waals surface area contributed by atoms with E-state index in [0.717, 1.165) is 30.6 Å². The largest absolute Gasteiger partial charge is 0.389 e. The van der Waals surface area contributed by atoms with Crippen LogP contribution < -0.4 is 0 Å². The Labute approximate surface area is 113 Å². The van der Waals surface area contributed by atoms with Crippen molar-refractivity contribution in [2.24, 2.45) is 5.92 Å². The fourth-order valence-corrected chi connectivity index (χ4v) is 6.59. The molecule has 0 radical (unpaired) electrons. The van der Waals surface area contributed by atoms with Crippen molar-refractivity contribution in [2.45, 2.75) is 51.7 Å². The number of hydrogen-bond acceptors (Lipinski definition) is 5. The van der Waals surface area contributed by atoms with Crippen molar-refractivity contribution in [1.82, 2.24) is 0 Å². The van der Waals surface area contributed by atoms with Crippen LogP contribution in [0.2, 0.25) is 0 Å².